The maximum atomic E-state index is 13.3. The number of nitrogens with zero attached hydrogens (tertiary/aromatic N) is 1. The molecule has 5 unspecified atom stereocenters. The third kappa shape index (κ3) is 11.3. The number of benzene rings is 1. The monoisotopic (exact) mass is 521 g/mol. The summed E-state index contributed by atoms with van der Waals surface area (Å²) < 4.78 is 0. The molecule has 0 aliphatic heterocycles. The van der Waals surface area contributed by atoms with E-state index in [0.717, 1.165) is 0 Å². The van der Waals surface area contributed by atoms with Crippen LogP contribution in [0.25, 0.3) is 0 Å². The van der Waals surface area contributed by atoms with Crippen molar-refractivity contribution in [3.63, 3.8) is 0 Å². The Balaban J connectivity index is 3.15. The number of amides is 3. The van der Waals surface area contributed by atoms with Crippen LogP contribution in [-0.2, 0) is 25.6 Å². The van der Waals surface area contributed by atoms with Crippen LogP contribution >= 0.6 is 0 Å². The molecule has 13 nitrogen and oxygen atoms in total. The molecular weight excluding hydrogens is 482 g/mol. The number of guanidine groups is 1. The van der Waals surface area contributed by atoms with Crippen molar-refractivity contribution < 1.29 is 29.4 Å². The Morgan fingerprint density at radius 2 is 1.49 bits per heavy atom. The second kappa shape index (κ2) is 15.4. The van der Waals surface area contributed by atoms with Crippen LogP contribution in [0.2, 0.25) is 0 Å². The molecule has 0 bridgehead atoms. The van der Waals surface area contributed by atoms with Crippen LogP contribution in [0.15, 0.2) is 35.3 Å². The molecule has 1 aromatic rings. The van der Waals surface area contributed by atoms with Crippen molar-refractivity contribution in [3.05, 3.63) is 35.9 Å². The average Bonchev–Trinajstić information content (AvgIpc) is 2.82. The number of aliphatic hydroxyl groups is 1. The Hall–Kier alpha value is -3.71. The van der Waals surface area contributed by atoms with Gasteiger partial charge in [-0.05, 0) is 31.2 Å². The van der Waals surface area contributed by atoms with E-state index in [4.69, 9.17) is 17.2 Å². The van der Waals surface area contributed by atoms with Gasteiger partial charge < -0.3 is 43.4 Å². The Morgan fingerprint density at radius 1 is 0.919 bits per heavy atom. The molecule has 11 N–H and O–H groups in total. The van der Waals surface area contributed by atoms with Gasteiger partial charge in [0.05, 0.1) is 12.1 Å². The smallest absolute Gasteiger partial charge is 0.328 e. The van der Waals surface area contributed by atoms with Crippen molar-refractivity contribution in [1.29, 1.82) is 0 Å². The minimum absolute atomic E-state index is 0.0325. The highest BCUT2D eigenvalue weighted by atomic mass is 16.4. The molecule has 0 saturated heterocycles. The number of carboxylic acids is 1. The number of hydrogen-bond donors (Lipinski definition) is 8. The SMILES string of the molecule is CC(C)C(N)C(=O)NC(CCCN=C(N)N)C(=O)NC(Cc1ccccc1)C(=O)NC(C(=O)O)C(C)O. The summed E-state index contributed by atoms with van der Waals surface area (Å²) in [6.07, 6.45) is -0.865. The molecule has 37 heavy (non-hydrogen) atoms. The van der Waals surface area contributed by atoms with Gasteiger partial charge in [0.15, 0.2) is 12.0 Å². The minimum Gasteiger partial charge on any atom is -0.480 e. The topological polar surface area (TPSA) is 235 Å². The van der Waals surface area contributed by atoms with Crippen LogP contribution in [0.3, 0.4) is 0 Å². The van der Waals surface area contributed by atoms with Gasteiger partial charge in [0.2, 0.25) is 17.7 Å². The van der Waals surface area contributed by atoms with Gasteiger partial charge in [0, 0.05) is 13.0 Å². The molecule has 1 rings (SSSR count). The summed E-state index contributed by atoms with van der Waals surface area (Å²) >= 11 is 0. The molecular formula is C24H39N7O6. The van der Waals surface area contributed by atoms with Crippen molar-refractivity contribution in [2.24, 2.45) is 28.1 Å². The molecule has 1 aromatic carbocycles. The van der Waals surface area contributed by atoms with Gasteiger partial charge >= 0.3 is 5.97 Å². The maximum Gasteiger partial charge on any atom is 0.328 e. The Labute approximate surface area is 216 Å². The number of hydrogen-bond acceptors (Lipinski definition) is 7. The number of nitrogens with one attached hydrogen (secondary N) is 3. The van der Waals surface area contributed by atoms with Crippen LogP contribution in [0.5, 0.6) is 0 Å². The lowest BCUT2D eigenvalue weighted by Crippen LogP contribution is -2.59. The molecule has 13 heteroatoms. The van der Waals surface area contributed by atoms with Gasteiger partial charge in [0.25, 0.3) is 0 Å². The van der Waals surface area contributed by atoms with Gasteiger partial charge in [-0.2, -0.15) is 0 Å². The number of aliphatic imine (C=N–C) groups is 1. The molecule has 0 saturated carbocycles. The third-order valence-electron chi connectivity index (χ3n) is 5.56. The number of nitrogens with two attached hydrogens (primary N) is 3. The number of aliphatic carboxylic acids is 1. The molecule has 0 spiro atoms. The van der Waals surface area contributed by atoms with Crippen LogP contribution in [0.1, 0.15) is 39.2 Å². The fraction of sp³-hybridized carbons (Fsp3) is 0.542. The van der Waals surface area contributed by atoms with E-state index in [1.165, 1.54) is 6.92 Å². The zero-order valence-electron chi connectivity index (χ0n) is 21.4. The summed E-state index contributed by atoms with van der Waals surface area (Å²) in [6.45, 7) is 4.96. The molecule has 3 amide bonds. The van der Waals surface area contributed by atoms with Crippen LogP contribution in [0, 0.1) is 5.92 Å². The molecule has 0 radical (unpaired) electrons. The van der Waals surface area contributed by atoms with Crippen molar-refractivity contribution in [2.45, 2.75) is 70.3 Å². The zero-order chi connectivity index (χ0) is 28.1. The first-order valence-electron chi connectivity index (χ1n) is 12.0. The van der Waals surface area contributed by atoms with E-state index >= 15 is 0 Å². The van der Waals surface area contributed by atoms with Gasteiger partial charge in [-0.1, -0.05) is 44.2 Å². The van der Waals surface area contributed by atoms with Crippen molar-refractivity contribution in [3.8, 4) is 0 Å². The second-order valence-corrected chi connectivity index (χ2v) is 9.10. The van der Waals surface area contributed by atoms with Crippen LogP contribution in [-0.4, -0.2) is 76.7 Å². The highest BCUT2D eigenvalue weighted by Gasteiger charge is 2.32. The molecule has 0 fully saturated rings. The van der Waals surface area contributed by atoms with E-state index in [1.54, 1.807) is 44.2 Å². The fourth-order valence-electron chi connectivity index (χ4n) is 3.32. The number of carboxylic acid groups (broad SMARTS) is 1. The third-order valence-corrected chi connectivity index (χ3v) is 5.56. The Bertz CT molecular complexity index is 935. The summed E-state index contributed by atoms with van der Waals surface area (Å²) in [6, 6.07) is 4.06. The summed E-state index contributed by atoms with van der Waals surface area (Å²) in [5.74, 6) is -3.75. The second-order valence-electron chi connectivity index (χ2n) is 9.10. The molecule has 0 aliphatic rings. The Morgan fingerprint density at radius 3 is 2.00 bits per heavy atom. The highest BCUT2D eigenvalue weighted by Crippen LogP contribution is 2.08. The van der Waals surface area contributed by atoms with Gasteiger partial charge in [-0.3, -0.25) is 19.4 Å². The van der Waals surface area contributed by atoms with Crippen molar-refractivity contribution in [2.75, 3.05) is 6.54 Å². The number of carbonyl (C=O) groups excluding carboxylic acids is 3. The first-order valence-corrected chi connectivity index (χ1v) is 12.0. The summed E-state index contributed by atoms with van der Waals surface area (Å²) in [7, 11) is 0. The lowest BCUT2D eigenvalue weighted by atomic mass is 10.0. The first-order chi connectivity index (χ1) is 17.3. The molecule has 0 aromatic heterocycles. The predicted octanol–water partition coefficient (Wildman–Crippen LogP) is -1.81. The molecule has 0 heterocycles. The summed E-state index contributed by atoms with van der Waals surface area (Å²) in [5, 5.41) is 26.6. The van der Waals surface area contributed by atoms with E-state index in [9.17, 15) is 29.4 Å². The fourth-order valence-corrected chi connectivity index (χ4v) is 3.32. The van der Waals surface area contributed by atoms with Crippen LogP contribution in [0.4, 0.5) is 0 Å². The summed E-state index contributed by atoms with van der Waals surface area (Å²) in [5.41, 5.74) is 17.3. The van der Waals surface area contributed by atoms with E-state index in [2.05, 4.69) is 20.9 Å². The van der Waals surface area contributed by atoms with Crippen molar-refractivity contribution in [1.82, 2.24) is 16.0 Å². The minimum atomic E-state index is -1.58. The van der Waals surface area contributed by atoms with Gasteiger partial charge in [0.1, 0.15) is 12.1 Å². The maximum absolute atomic E-state index is 13.3. The number of rotatable bonds is 15. The quantitative estimate of drug-likeness (QED) is 0.0736. The standard InChI is InChI=1S/C24H39N7O6/c1-13(2)18(25)22(35)29-16(10-7-11-28-24(26)27)20(33)30-17(12-15-8-5-4-6-9-15)21(34)31-19(14(3)32)23(36)37/h4-6,8-9,13-14,16-19,32H,7,10-12,25H2,1-3H3,(H,29,35)(H,30,33)(H,31,34)(H,36,37)(H4,26,27,28). The van der Waals surface area contributed by atoms with E-state index in [0.29, 0.717) is 12.0 Å². The largest absolute Gasteiger partial charge is 0.480 e. The number of carbonyl (C=O) groups is 4. The summed E-state index contributed by atoms with van der Waals surface area (Å²) in [4.78, 5) is 54.2. The predicted molar refractivity (Wildman–Crippen MR) is 138 cm³/mol. The first kappa shape index (κ1) is 31.3. The number of aliphatic hydroxyl groups excluding tert-OH is 1. The molecule has 206 valence electrons. The van der Waals surface area contributed by atoms with Gasteiger partial charge in [-0.25, -0.2) is 4.79 Å². The van der Waals surface area contributed by atoms with E-state index in [1.807, 2.05) is 0 Å². The normalized spacial score (nSPS) is 15.0. The lowest BCUT2D eigenvalue weighted by molar-refractivity contribution is -0.145. The Kier molecular flexibility index (Phi) is 13.0. The lowest BCUT2D eigenvalue weighted by Gasteiger charge is -2.26. The van der Waals surface area contributed by atoms with Crippen molar-refractivity contribution >= 4 is 29.7 Å². The molecule has 5 atom stereocenters. The zero-order valence-corrected chi connectivity index (χ0v) is 21.4. The van der Waals surface area contributed by atoms with Crippen LogP contribution < -0.4 is 33.2 Å². The highest BCUT2D eigenvalue weighted by molar-refractivity contribution is 5.94. The average molecular weight is 522 g/mol. The van der Waals surface area contributed by atoms with Gasteiger partial charge in [-0.15, -0.1) is 0 Å². The van der Waals surface area contributed by atoms with E-state index in [-0.39, 0.29) is 31.3 Å². The van der Waals surface area contributed by atoms with E-state index < -0.39 is 54.0 Å². The molecule has 0 aliphatic carbocycles.